The number of hydrogen-bond acceptors (Lipinski definition) is 4. The zero-order chi connectivity index (χ0) is 12.3. The molecule has 0 saturated heterocycles. The van der Waals surface area contributed by atoms with E-state index in [1.807, 2.05) is 18.2 Å². The van der Waals surface area contributed by atoms with Crippen molar-refractivity contribution in [2.45, 2.75) is 45.6 Å². The molecule has 4 nitrogen and oxygen atoms in total. The number of pyridine rings is 1. The molecule has 4 heteroatoms. The lowest BCUT2D eigenvalue weighted by molar-refractivity contribution is 0.232. The summed E-state index contributed by atoms with van der Waals surface area (Å²) >= 11 is 0. The first-order valence-electron chi connectivity index (χ1n) is 6.29. The maximum absolute atomic E-state index is 5.35. The van der Waals surface area contributed by atoms with Gasteiger partial charge in [-0.1, -0.05) is 19.9 Å². The van der Waals surface area contributed by atoms with E-state index >= 15 is 0 Å². The topological polar surface area (TPSA) is 63.0 Å². The van der Waals surface area contributed by atoms with Crippen LogP contribution in [0.25, 0.3) is 0 Å². The van der Waals surface area contributed by atoms with Crippen LogP contribution in [0.4, 0.5) is 11.6 Å². The predicted molar refractivity (Wildman–Crippen MR) is 71.7 cm³/mol. The first kappa shape index (κ1) is 12.2. The van der Waals surface area contributed by atoms with Gasteiger partial charge in [0.2, 0.25) is 0 Å². The minimum atomic E-state index is 0.506. The van der Waals surface area contributed by atoms with Gasteiger partial charge in [0, 0.05) is 6.04 Å². The van der Waals surface area contributed by atoms with E-state index in [0.717, 1.165) is 5.82 Å². The van der Waals surface area contributed by atoms with Crippen LogP contribution in [0.1, 0.15) is 39.5 Å². The molecular weight excluding hydrogens is 212 g/mol. The number of nitrogen functional groups attached to an aromatic ring is 1. The van der Waals surface area contributed by atoms with Gasteiger partial charge in [-0.05, 0) is 43.2 Å². The third-order valence-electron chi connectivity index (χ3n) is 3.59. The Hall–Kier alpha value is -1.29. The largest absolute Gasteiger partial charge is 0.367 e. The predicted octanol–water partition coefficient (Wildman–Crippen LogP) is 2.75. The molecule has 0 amide bonds. The quantitative estimate of drug-likeness (QED) is 0.556. The summed E-state index contributed by atoms with van der Waals surface area (Å²) in [6, 6.07) is 6.34. The number of nitrogens with one attached hydrogen (secondary N) is 2. The van der Waals surface area contributed by atoms with Crippen LogP contribution in [-0.2, 0) is 0 Å². The van der Waals surface area contributed by atoms with Crippen LogP contribution in [-0.4, -0.2) is 11.0 Å². The van der Waals surface area contributed by atoms with E-state index < -0.39 is 0 Å². The molecular formula is C13H22N4. The van der Waals surface area contributed by atoms with Gasteiger partial charge in [0.15, 0.2) is 0 Å². The van der Waals surface area contributed by atoms with Gasteiger partial charge in [-0.3, -0.25) is 0 Å². The minimum Gasteiger partial charge on any atom is -0.367 e. The average Bonchev–Trinajstić information content (AvgIpc) is 2.32. The fourth-order valence-corrected chi connectivity index (χ4v) is 2.35. The highest BCUT2D eigenvalue weighted by atomic mass is 15.3. The number of hydrogen-bond donors (Lipinski definition) is 3. The zero-order valence-corrected chi connectivity index (χ0v) is 10.7. The molecule has 4 N–H and O–H groups in total. The maximum atomic E-state index is 5.35. The van der Waals surface area contributed by atoms with Crippen LogP contribution in [0.3, 0.4) is 0 Å². The summed E-state index contributed by atoms with van der Waals surface area (Å²) in [6.07, 6.45) is 4.99. The lowest BCUT2D eigenvalue weighted by Gasteiger charge is -2.34. The Kier molecular flexibility index (Phi) is 3.52. The number of anilines is 2. The molecule has 1 fully saturated rings. The van der Waals surface area contributed by atoms with Crippen LogP contribution in [0, 0.1) is 5.41 Å². The van der Waals surface area contributed by atoms with Crippen LogP contribution in [0.2, 0.25) is 0 Å². The fourth-order valence-electron chi connectivity index (χ4n) is 2.35. The molecule has 2 rings (SSSR count). The Morgan fingerprint density at radius 1 is 1.24 bits per heavy atom. The normalized spacial score (nSPS) is 19.9. The van der Waals surface area contributed by atoms with Crippen molar-refractivity contribution in [2.24, 2.45) is 11.3 Å². The van der Waals surface area contributed by atoms with Crippen LogP contribution >= 0.6 is 0 Å². The van der Waals surface area contributed by atoms with Crippen LogP contribution < -0.4 is 16.6 Å². The minimum absolute atomic E-state index is 0.506. The molecule has 1 aliphatic carbocycles. The summed E-state index contributed by atoms with van der Waals surface area (Å²) in [7, 11) is 0. The number of aromatic nitrogens is 1. The smallest absolute Gasteiger partial charge is 0.142 e. The zero-order valence-electron chi connectivity index (χ0n) is 10.7. The summed E-state index contributed by atoms with van der Waals surface area (Å²) in [5, 5.41) is 3.49. The number of hydrazine groups is 1. The molecule has 1 saturated carbocycles. The van der Waals surface area contributed by atoms with Gasteiger partial charge >= 0.3 is 0 Å². The molecule has 0 aromatic carbocycles. The Bertz CT molecular complexity index is 365. The molecule has 1 aromatic heterocycles. The summed E-state index contributed by atoms with van der Waals surface area (Å²) in [4.78, 5) is 4.37. The van der Waals surface area contributed by atoms with Crippen molar-refractivity contribution in [3.63, 3.8) is 0 Å². The molecule has 1 aliphatic rings. The van der Waals surface area contributed by atoms with Gasteiger partial charge in [-0.25, -0.2) is 10.8 Å². The van der Waals surface area contributed by atoms with Gasteiger partial charge in [0.25, 0.3) is 0 Å². The molecule has 0 unspecified atom stereocenters. The molecule has 0 spiro atoms. The van der Waals surface area contributed by atoms with E-state index in [1.54, 1.807) is 0 Å². The lowest BCUT2D eigenvalue weighted by atomic mass is 9.75. The van der Waals surface area contributed by atoms with Crippen LogP contribution in [0.15, 0.2) is 18.2 Å². The third kappa shape index (κ3) is 3.33. The Morgan fingerprint density at radius 3 is 2.53 bits per heavy atom. The second-order valence-electron chi connectivity index (χ2n) is 5.64. The van der Waals surface area contributed by atoms with E-state index in [9.17, 15) is 0 Å². The molecule has 0 radical (unpaired) electrons. The van der Waals surface area contributed by atoms with E-state index in [2.05, 4.69) is 29.6 Å². The standard InChI is InChI=1S/C13H22N4/c1-13(2)8-6-10(7-9-13)15-11-4-3-5-12(16-11)17-14/h3-5,10H,6-9,14H2,1-2H3,(H2,15,16,17). The molecule has 94 valence electrons. The van der Waals surface area contributed by atoms with Gasteiger partial charge in [-0.15, -0.1) is 0 Å². The molecule has 0 aliphatic heterocycles. The molecule has 0 bridgehead atoms. The van der Waals surface area contributed by atoms with Gasteiger partial charge in [-0.2, -0.15) is 0 Å². The Balaban J connectivity index is 1.93. The number of nitrogens with two attached hydrogens (primary N) is 1. The number of rotatable bonds is 3. The number of nitrogens with zero attached hydrogens (tertiary/aromatic N) is 1. The summed E-state index contributed by atoms with van der Waals surface area (Å²) in [5.74, 6) is 6.95. The highest BCUT2D eigenvalue weighted by molar-refractivity contribution is 5.44. The Labute approximate surface area is 103 Å². The van der Waals surface area contributed by atoms with Gasteiger partial charge in [0.1, 0.15) is 11.6 Å². The van der Waals surface area contributed by atoms with E-state index in [1.165, 1.54) is 25.7 Å². The summed E-state index contributed by atoms with van der Waals surface area (Å²) < 4.78 is 0. The van der Waals surface area contributed by atoms with Crippen molar-refractivity contribution in [1.29, 1.82) is 0 Å². The monoisotopic (exact) mass is 234 g/mol. The summed E-state index contributed by atoms with van der Waals surface area (Å²) in [6.45, 7) is 4.70. The fraction of sp³-hybridized carbons (Fsp3) is 0.615. The first-order valence-corrected chi connectivity index (χ1v) is 6.29. The second-order valence-corrected chi connectivity index (χ2v) is 5.64. The SMILES string of the molecule is CC1(C)CCC(Nc2cccc(NN)n2)CC1. The maximum Gasteiger partial charge on any atom is 0.142 e. The molecule has 1 heterocycles. The van der Waals surface area contributed by atoms with Crippen molar-refractivity contribution < 1.29 is 0 Å². The highest BCUT2D eigenvalue weighted by Gasteiger charge is 2.26. The van der Waals surface area contributed by atoms with E-state index in [0.29, 0.717) is 17.3 Å². The average molecular weight is 234 g/mol. The summed E-state index contributed by atoms with van der Waals surface area (Å²) in [5.41, 5.74) is 3.07. The molecule has 1 aromatic rings. The highest BCUT2D eigenvalue weighted by Crippen LogP contribution is 2.35. The Morgan fingerprint density at radius 2 is 1.88 bits per heavy atom. The molecule has 17 heavy (non-hydrogen) atoms. The van der Waals surface area contributed by atoms with Crippen LogP contribution in [0.5, 0.6) is 0 Å². The second kappa shape index (κ2) is 4.92. The van der Waals surface area contributed by atoms with E-state index in [-0.39, 0.29) is 0 Å². The third-order valence-corrected chi connectivity index (χ3v) is 3.59. The molecule has 0 atom stereocenters. The van der Waals surface area contributed by atoms with E-state index in [4.69, 9.17) is 5.84 Å². The lowest BCUT2D eigenvalue weighted by Crippen LogP contribution is -2.30. The van der Waals surface area contributed by atoms with Crippen molar-refractivity contribution in [1.82, 2.24) is 4.98 Å². The van der Waals surface area contributed by atoms with Crippen molar-refractivity contribution >= 4 is 11.6 Å². The first-order chi connectivity index (χ1) is 8.09. The van der Waals surface area contributed by atoms with Crippen molar-refractivity contribution in [2.75, 3.05) is 10.7 Å². The van der Waals surface area contributed by atoms with Crippen molar-refractivity contribution in [3.8, 4) is 0 Å². The van der Waals surface area contributed by atoms with Gasteiger partial charge in [0.05, 0.1) is 0 Å². The van der Waals surface area contributed by atoms with Crippen molar-refractivity contribution in [3.05, 3.63) is 18.2 Å². The van der Waals surface area contributed by atoms with Gasteiger partial charge < -0.3 is 10.7 Å².